The number of furan rings is 1. The maximum absolute atomic E-state index is 6.48. The Morgan fingerprint density at radius 2 is 0.949 bits per heavy atom. The highest BCUT2D eigenvalue weighted by Gasteiger charge is 2.46. The topological polar surface area (TPSA) is 59.8 Å². The molecule has 0 aliphatic carbocycles. The van der Waals surface area contributed by atoms with Gasteiger partial charge in [-0.1, -0.05) is 135 Å². The first-order chi connectivity index (χ1) is 38.0. The average Bonchev–Trinajstić information content (AvgIpc) is 3.98. The van der Waals surface area contributed by atoms with Crippen LogP contribution in [0, 0.1) is 0 Å². The highest BCUT2D eigenvalue weighted by Crippen LogP contribution is 2.51. The third-order valence-electron chi connectivity index (χ3n) is 16.4. The molecule has 10 aromatic rings. The number of nitrogens with zero attached hydrogens (tertiary/aromatic N) is 3. The molecule has 4 aliphatic rings. The van der Waals surface area contributed by atoms with E-state index in [2.05, 4.69) is 241 Å². The molecule has 0 fully saturated rings. The van der Waals surface area contributed by atoms with Crippen molar-refractivity contribution in [2.75, 3.05) is 41.1 Å². The van der Waals surface area contributed by atoms with E-state index in [1.807, 2.05) is 12.1 Å². The third-order valence-corrected chi connectivity index (χ3v) is 16.4. The monoisotopic (exact) mass is 1040 g/mol. The molecule has 0 bridgehead atoms. The van der Waals surface area contributed by atoms with Crippen LogP contribution in [0.25, 0.3) is 33.1 Å². The van der Waals surface area contributed by atoms with Crippen LogP contribution in [0.3, 0.4) is 0 Å². The van der Waals surface area contributed by atoms with Gasteiger partial charge in [-0.25, -0.2) is 0 Å². The molecule has 0 radical (unpaired) electrons. The number of anilines is 9. The van der Waals surface area contributed by atoms with Crippen LogP contribution in [0.5, 0.6) is 23.0 Å². The second-order valence-corrected chi connectivity index (χ2v) is 24.7. The van der Waals surface area contributed by atoms with Crippen molar-refractivity contribution >= 4 is 96.0 Å². The summed E-state index contributed by atoms with van der Waals surface area (Å²) in [5.74, 6) is 3.80. The van der Waals surface area contributed by atoms with Crippen molar-refractivity contribution in [3.63, 3.8) is 0 Å². The second-order valence-electron chi connectivity index (χ2n) is 24.7. The summed E-state index contributed by atoms with van der Waals surface area (Å²) in [6.45, 7) is 22.4. The van der Waals surface area contributed by atoms with Gasteiger partial charge in [0, 0.05) is 62.9 Å². The predicted molar refractivity (Wildman–Crippen MR) is 326 cm³/mol. The van der Waals surface area contributed by atoms with E-state index >= 15 is 0 Å². The molecule has 0 spiro atoms. The Bertz CT molecular complexity index is 4030. The first-order valence-corrected chi connectivity index (χ1v) is 27.8. The number of benzene rings is 9. The van der Waals surface area contributed by atoms with Crippen molar-refractivity contribution in [1.29, 1.82) is 0 Å². The highest BCUT2D eigenvalue weighted by atomic mass is 16.6. The van der Waals surface area contributed by atoms with Crippen molar-refractivity contribution in [3.05, 3.63) is 193 Å². The van der Waals surface area contributed by atoms with E-state index in [1.54, 1.807) is 0 Å². The van der Waals surface area contributed by atoms with E-state index in [0.717, 1.165) is 113 Å². The van der Waals surface area contributed by atoms with Crippen LogP contribution >= 0.6 is 0 Å². The Kier molecular flexibility index (Phi) is 11.1. The van der Waals surface area contributed by atoms with E-state index in [0.29, 0.717) is 26.4 Å². The summed E-state index contributed by atoms with van der Waals surface area (Å²) in [6.07, 6.45) is 0. The van der Waals surface area contributed by atoms with Crippen molar-refractivity contribution in [3.8, 4) is 34.3 Å². The Morgan fingerprint density at radius 1 is 0.392 bits per heavy atom. The number of para-hydroxylation sites is 1. The van der Waals surface area contributed by atoms with Gasteiger partial charge in [-0.15, -0.1) is 0 Å². The first kappa shape index (κ1) is 48.8. The van der Waals surface area contributed by atoms with Gasteiger partial charge in [-0.05, 0) is 151 Å². The Morgan fingerprint density at radius 3 is 1.63 bits per heavy atom. The first-order valence-electron chi connectivity index (χ1n) is 27.8. The molecule has 4 aliphatic heterocycles. The van der Waals surface area contributed by atoms with Crippen LogP contribution in [0.1, 0.15) is 79.0 Å². The summed E-state index contributed by atoms with van der Waals surface area (Å²) >= 11 is 0. The predicted octanol–water partition coefficient (Wildman–Crippen LogP) is 16.2. The van der Waals surface area contributed by atoms with E-state index < -0.39 is 0 Å². The summed E-state index contributed by atoms with van der Waals surface area (Å²) in [6, 6.07) is 65.0. The lowest BCUT2D eigenvalue weighted by Gasteiger charge is -2.45. The number of hydrogen-bond donors (Lipinski definition) is 0. The van der Waals surface area contributed by atoms with Crippen LogP contribution < -0.4 is 50.0 Å². The smallest absolute Gasteiger partial charge is 0.252 e. The molecule has 79 heavy (non-hydrogen) atoms. The molecule has 9 aromatic carbocycles. The van der Waals surface area contributed by atoms with Gasteiger partial charge in [0.1, 0.15) is 37.8 Å². The SMILES string of the molecule is CC(C)(C)c1ccc(N(c2cc3c4c(c2)N(c2ccc5c(c2)OCCO5)c2cc5c(cc2B4c2cc(C(C)(C)C)ccc2N3c2ccc(C(C)(C)C)cc2)OCCO5)c2ccc3cc(-c4cc5ccccc5o4)ccc3c2)cc1. The van der Waals surface area contributed by atoms with Gasteiger partial charge in [-0.2, -0.15) is 0 Å². The molecular weight excluding hydrogens is 974 g/mol. The molecule has 0 atom stereocenters. The summed E-state index contributed by atoms with van der Waals surface area (Å²) in [5, 5.41) is 3.34. The molecule has 0 unspecified atom stereocenters. The molecule has 8 nitrogen and oxygen atoms in total. The fourth-order valence-corrected chi connectivity index (χ4v) is 12.2. The lowest BCUT2D eigenvalue weighted by molar-refractivity contribution is 0.171. The molecule has 0 saturated heterocycles. The Hall–Kier alpha value is -8.56. The molecule has 0 N–H and O–H groups in total. The number of rotatable bonds is 6. The van der Waals surface area contributed by atoms with Gasteiger partial charge in [0.15, 0.2) is 23.0 Å². The lowest BCUT2D eigenvalue weighted by atomic mass is 9.33. The zero-order valence-corrected chi connectivity index (χ0v) is 46.5. The summed E-state index contributed by atoms with van der Waals surface area (Å²) < 4.78 is 31.9. The zero-order valence-electron chi connectivity index (χ0n) is 46.5. The van der Waals surface area contributed by atoms with Gasteiger partial charge in [0.05, 0.1) is 11.4 Å². The molecule has 0 amide bonds. The summed E-state index contributed by atoms with van der Waals surface area (Å²) in [4.78, 5) is 7.37. The standard InChI is InChI=1S/C70H64BN3O5/c1-68(2,3)47-17-23-50(24-18-47)72(52-22-16-43-34-46(15-14-44(43)35-52)63-36-45-12-10-11-13-61(45)79-63)54-38-59-67-60(39-54)74(53-27-29-62-64(40-53)76-31-30-75-62)58-42-66-65(77-32-33-78-66)41-56(58)71(67)55-37-49(70(7,8)9)21-28-57(55)73(59)51-25-19-48(20-26-51)69(4,5)6/h10-29,34-42H,30-33H2,1-9H3. The third kappa shape index (κ3) is 8.35. The lowest BCUT2D eigenvalue weighted by Crippen LogP contribution is -2.61. The fourth-order valence-electron chi connectivity index (χ4n) is 12.2. The second kappa shape index (κ2) is 18.0. The summed E-state index contributed by atoms with van der Waals surface area (Å²) in [7, 11) is 0. The normalized spacial score (nSPS) is 14.5. The molecule has 14 rings (SSSR count). The minimum atomic E-state index is -0.179. The van der Waals surface area contributed by atoms with Crippen LogP contribution in [0.2, 0.25) is 0 Å². The fraction of sp³-hybridized carbons (Fsp3) is 0.229. The van der Waals surface area contributed by atoms with Crippen molar-refractivity contribution in [1.82, 2.24) is 0 Å². The average molecular weight is 1040 g/mol. The zero-order chi connectivity index (χ0) is 54.1. The van der Waals surface area contributed by atoms with E-state index in [1.165, 1.54) is 27.6 Å². The van der Waals surface area contributed by atoms with Crippen LogP contribution in [0.4, 0.5) is 51.2 Å². The van der Waals surface area contributed by atoms with Gasteiger partial charge in [0.25, 0.3) is 6.71 Å². The molecule has 5 heterocycles. The van der Waals surface area contributed by atoms with Gasteiger partial charge in [0.2, 0.25) is 0 Å². The Balaban J connectivity index is 1.05. The van der Waals surface area contributed by atoms with Gasteiger partial charge >= 0.3 is 0 Å². The molecular formula is C70H64BN3O5. The van der Waals surface area contributed by atoms with E-state index in [9.17, 15) is 0 Å². The number of hydrogen-bond acceptors (Lipinski definition) is 8. The number of ether oxygens (including phenoxy) is 4. The van der Waals surface area contributed by atoms with Gasteiger partial charge < -0.3 is 38.1 Å². The van der Waals surface area contributed by atoms with Crippen LogP contribution in [-0.4, -0.2) is 33.1 Å². The molecule has 0 saturated carbocycles. The van der Waals surface area contributed by atoms with Crippen LogP contribution in [0.15, 0.2) is 180 Å². The quantitative estimate of drug-likeness (QED) is 0.153. The van der Waals surface area contributed by atoms with Crippen molar-refractivity contribution in [2.45, 2.75) is 78.6 Å². The maximum Gasteiger partial charge on any atom is 0.252 e. The Labute approximate surface area is 463 Å². The minimum Gasteiger partial charge on any atom is -0.486 e. The van der Waals surface area contributed by atoms with Gasteiger partial charge in [-0.3, -0.25) is 0 Å². The molecule has 392 valence electrons. The molecule has 9 heteroatoms. The minimum absolute atomic E-state index is 0.0270. The van der Waals surface area contributed by atoms with Crippen LogP contribution in [-0.2, 0) is 16.2 Å². The van der Waals surface area contributed by atoms with E-state index in [4.69, 9.17) is 23.4 Å². The number of fused-ring (bicyclic) bond motifs is 8. The van der Waals surface area contributed by atoms with Crippen molar-refractivity contribution < 1.29 is 23.4 Å². The summed E-state index contributed by atoms with van der Waals surface area (Å²) in [5.41, 5.74) is 18.5. The maximum atomic E-state index is 6.48. The van der Waals surface area contributed by atoms with Crippen molar-refractivity contribution in [2.24, 2.45) is 0 Å². The highest BCUT2D eigenvalue weighted by molar-refractivity contribution is 7.00. The molecule has 1 aromatic heterocycles. The largest absolute Gasteiger partial charge is 0.486 e. The van der Waals surface area contributed by atoms with E-state index in [-0.39, 0.29) is 23.0 Å².